The molecule has 4 rings (SSSR count). The summed E-state index contributed by atoms with van der Waals surface area (Å²) in [6.07, 6.45) is 0.890. The molecule has 1 amide bonds. The zero-order valence-corrected chi connectivity index (χ0v) is 17.7. The molecule has 0 aliphatic carbocycles. The molecule has 6 heteroatoms. The fourth-order valence-corrected chi connectivity index (χ4v) is 4.89. The maximum absolute atomic E-state index is 12.8. The Morgan fingerprint density at radius 1 is 1.17 bits per heavy atom. The van der Waals surface area contributed by atoms with Crippen molar-refractivity contribution in [3.8, 4) is 11.3 Å². The summed E-state index contributed by atoms with van der Waals surface area (Å²) in [4.78, 5) is 16.4. The van der Waals surface area contributed by atoms with Gasteiger partial charge in [-0.1, -0.05) is 36.4 Å². The third-order valence-electron chi connectivity index (χ3n) is 5.27. The third-order valence-corrected chi connectivity index (χ3v) is 6.37. The van der Waals surface area contributed by atoms with Crippen LogP contribution < -0.4 is 10.2 Å². The molecule has 0 fully saturated rings. The number of nitrogens with one attached hydrogen (secondary N) is 1. The third kappa shape index (κ3) is 4.03. The lowest BCUT2D eigenvalue weighted by Gasteiger charge is -2.23. The number of aryl methyl sites for hydroxylation is 1. The number of hydrogen-bond acceptors (Lipinski definition) is 4. The van der Waals surface area contributed by atoms with Crippen LogP contribution in [-0.4, -0.2) is 35.3 Å². The largest absolute Gasteiger partial charge is 0.372 e. The molecule has 5 nitrogen and oxygen atoms in total. The number of benzene rings is 2. The van der Waals surface area contributed by atoms with Crippen molar-refractivity contribution in [1.82, 2.24) is 15.1 Å². The second-order valence-corrected chi connectivity index (χ2v) is 8.13. The molecule has 0 saturated carbocycles. The second kappa shape index (κ2) is 8.74. The van der Waals surface area contributed by atoms with Crippen LogP contribution in [-0.2, 0) is 12.8 Å². The summed E-state index contributed by atoms with van der Waals surface area (Å²) in [6, 6.07) is 18.7. The van der Waals surface area contributed by atoms with Crippen LogP contribution in [0.1, 0.15) is 29.4 Å². The Bertz CT molecular complexity index is 999. The highest BCUT2D eigenvalue weighted by Crippen LogP contribution is 2.42. The number of amides is 1. The van der Waals surface area contributed by atoms with E-state index in [0.29, 0.717) is 12.2 Å². The van der Waals surface area contributed by atoms with Gasteiger partial charge in [-0.05, 0) is 31.5 Å². The van der Waals surface area contributed by atoms with Gasteiger partial charge < -0.3 is 10.2 Å². The summed E-state index contributed by atoms with van der Waals surface area (Å²) in [5.41, 5.74) is 5.03. The van der Waals surface area contributed by atoms with Crippen molar-refractivity contribution in [2.75, 3.05) is 24.5 Å². The van der Waals surface area contributed by atoms with E-state index in [4.69, 9.17) is 0 Å². The van der Waals surface area contributed by atoms with Gasteiger partial charge in [0.15, 0.2) is 5.69 Å². The SMILES string of the molecule is CCN(CCCNC(=O)c1nn(C)c2c1CSc1ccccc1-2)c1ccccc1. The maximum Gasteiger partial charge on any atom is 0.272 e. The van der Waals surface area contributed by atoms with Gasteiger partial charge in [0.05, 0.1) is 5.69 Å². The number of aromatic nitrogens is 2. The minimum Gasteiger partial charge on any atom is -0.372 e. The van der Waals surface area contributed by atoms with Crippen LogP contribution in [0, 0.1) is 0 Å². The van der Waals surface area contributed by atoms with E-state index in [0.717, 1.165) is 42.1 Å². The van der Waals surface area contributed by atoms with Crippen LogP contribution in [0.5, 0.6) is 0 Å². The number of para-hydroxylation sites is 1. The molecule has 0 spiro atoms. The highest BCUT2D eigenvalue weighted by molar-refractivity contribution is 7.98. The van der Waals surface area contributed by atoms with Gasteiger partial charge in [0.2, 0.25) is 0 Å². The van der Waals surface area contributed by atoms with Crippen molar-refractivity contribution >= 4 is 23.4 Å². The maximum atomic E-state index is 12.8. The Morgan fingerprint density at radius 3 is 2.72 bits per heavy atom. The molecular weight excluding hydrogens is 380 g/mol. The lowest BCUT2D eigenvalue weighted by atomic mass is 10.1. The lowest BCUT2D eigenvalue weighted by Crippen LogP contribution is -2.30. The molecule has 2 heterocycles. The number of nitrogens with zero attached hydrogens (tertiary/aromatic N) is 3. The Hall–Kier alpha value is -2.73. The Balaban J connectivity index is 1.39. The Morgan fingerprint density at radius 2 is 1.93 bits per heavy atom. The van der Waals surface area contributed by atoms with Gasteiger partial charge in [0, 0.05) is 54.1 Å². The number of hydrogen-bond donors (Lipinski definition) is 1. The van der Waals surface area contributed by atoms with Crippen molar-refractivity contribution in [3.05, 3.63) is 65.9 Å². The molecular formula is C23H26N4OS. The molecule has 1 aliphatic heterocycles. The van der Waals surface area contributed by atoms with Crippen LogP contribution in [0.15, 0.2) is 59.5 Å². The fourth-order valence-electron chi connectivity index (χ4n) is 3.83. The summed E-state index contributed by atoms with van der Waals surface area (Å²) in [6.45, 7) is 4.64. The molecule has 150 valence electrons. The van der Waals surface area contributed by atoms with Gasteiger partial charge in [-0.2, -0.15) is 5.10 Å². The number of carbonyl (C=O) groups is 1. The van der Waals surface area contributed by atoms with Crippen LogP contribution in [0.2, 0.25) is 0 Å². The zero-order chi connectivity index (χ0) is 20.2. The van der Waals surface area contributed by atoms with E-state index in [1.54, 1.807) is 11.8 Å². The van der Waals surface area contributed by atoms with Gasteiger partial charge in [0.1, 0.15) is 0 Å². The summed E-state index contributed by atoms with van der Waals surface area (Å²) < 4.78 is 1.84. The quantitative estimate of drug-likeness (QED) is 0.593. The monoisotopic (exact) mass is 406 g/mol. The smallest absolute Gasteiger partial charge is 0.272 e. The zero-order valence-electron chi connectivity index (χ0n) is 16.9. The van der Waals surface area contributed by atoms with Crippen LogP contribution in [0.4, 0.5) is 5.69 Å². The average molecular weight is 407 g/mol. The number of rotatable bonds is 7. The van der Waals surface area contributed by atoms with E-state index in [2.05, 4.69) is 64.7 Å². The number of thioether (sulfide) groups is 1. The highest BCUT2D eigenvalue weighted by Gasteiger charge is 2.27. The van der Waals surface area contributed by atoms with Gasteiger partial charge in [-0.15, -0.1) is 11.8 Å². The molecule has 0 atom stereocenters. The van der Waals surface area contributed by atoms with E-state index in [-0.39, 0.29) is 5.91 Å². The van der Waals surface area contributed by atoms with Crippen molar-refractivity contribution in [3.63, 3.8) is 0 Å². The van der Waals surface area contributed by atoms with E-state index >= 15 is 0 Å². The first-order valence-electron chi connectivity index (χ1n) is 10.0. The van der Waals surface area contributed by atoms with E-state index in [9.17, 15) is 4.79 Å². The molecule has 0 radical (unpaired) electrons. The van der Waals surface area contributed by atoms with Gasteiger partial charge >= 0.3 is 0 Å². The average Bonchev–Trinajstić information content (AvgIpc) is 3.11. The Labute approximate surface area is 176 Å². The van der Waals surface area contributed by atoms with Crippen LogP contribution in [0.3, 0.4) is 0 Å². The van der Waals surface area contributed by atoms with Gasteiger partial charge in [-0.3, -0.25) is 9.48 Å². The van der Waals surface area contributed by atoms with Crippen molar-refractivity contribution in [2.24, 2.45) is 7.05 Å². The molecule has 1 N–H and O–H groups in total. The molecule has 1 aliphatic rings. The van der Waals surface area contributed by atoms with Crippen molar-refractivity contribution < 1.29 is 4.79 Å². The van der Waals surface area contributed by atoms with Crippen molar-refractivity contribution in [1.29, 1.82) is 0 Å². The fraction of sp³-hybridized carbons (Fsp3) is 0.304. The molecule has 29 heavy (non-hydrogen) atoms. The number of fused-ring (bicyclic) bond motifs is 3. The van der Waals surface area contributed by atoms with E-state index in [1.165, 1.54) is 10.6 Å². The topological polar surface area (TPSA) is 50.2 Å². The van der Waals surface area contributed by atoms with Crippen molar-refractivity contribution in [2.45, 2.75) is 24.0 Å². The molecule has 0 saturated heterocycles. The second-order valence-electron chi connectivity index (χ2n) is 7.11. The predicted molar refractivity (Wildman–Crippen MR) is 119 cm³/mol. The first-order chi connectivity index (χ1) is 14.2. The molecule has 0 bridgehead atoms. The minimum absolute atomic E-state index is 0.0791. The summed E-state index contributed by atoms with van der Waals surface area (Å²) in [5, 5.41) is 7.62. The van der Waals surface area contributed by atoms with E-state index in [1.807, 2.05) is 23.9 Å². The predicted octanol–water partition coefficient (Wildman–Crippen LogP) is 4.34. The molecule has 1 aromatic heterocycles. The summed E-state index contributed by atoms with van der Waals surface area (Å²) in [5.74, 6) is 0.699. The number of carbonyl (C=O) groups excluding carboxylic acids is 1. The summed E-state index contributed by atoms with van der Waals surface area (Å²) in [7, 11) is 1.92. The standard InChI is InChI=1S/C23H26N4OS/c1-3-27(17-10-5-4-6-11-17)15-9-14-24-23(28)21-19-16-29-20-13-8-7-12-18(20)22(19)26(2)25-21/h4-8,10-13H,3,9,14-16H2,1-2H3,(H,24,28). The Kier molecular flexibility index (Phi) is 5.90. The van der Waals surface area contributed by atoms with Gasteiger partial charge in [0.25, 0.3) is 5.91 Å². The van der Waals surface area contributed by atoms with Crippen LogP contribution in [0.25, 0.3) is 11.3 Å². The van der Waals surface area contributed by atoms with Crippen LogP contribution >= 0.6 is 11.8 Å². The summed E-state index contributed by atoms with van der Waals surface area (Å²) >= 11 is 1.77. The molecule has 0 unspecified atom stereocenters. The van der Waals surface area contributed by atoms with E-state index < -0.39 is 0 Å². The molecule has 3 aromatic rings. The first kappa shape index (κ1) is 19.6. The minimum atomic E-state index is -0.0791. The molecule has 2 aromatic carbocycles. The highest BCUT2D eigenvalue weighted by atomic mass is 32.2. The number of anilines is 1. The van der Waals surface area contributed by atoms with Gasteiger partial charge in [-0.25, -0.2) is 0 Å². The lowest BCUT2D eigenvalue weighted by molar-refractivity contribution is 0.0947. The first-order valence-corrected chi connectivity index (χ1v) is 11.0. The normalized spacial score (nSPS) is 12.2.